The Bertz CT molecular complexity index is 1440. The molecule has 2 fully saturated rings. The number of carbonyl (C=O) groups is 1. The summed E-state index contributed by atoms with van der Waals surface area (Å²) in [5.41, 5.74) is 11.5. The molecule has 0 atom stereocenters. The van der Waals surface area contributed by atoms with Crippen LogP contribution in [0.15, 0.2) is 54.6 Å². The summed E-state index contributed by atoms with van der Waals surface area (Å²) in [6.07, 6.45) is 6.72. The number of aromatic nitrogens is 3. The van der Waals surface area contributed by atoms with E-state index in [1.165, 1.54) is 6.20 Å². The van der Waals surface area contributed by atoms with Crippen molar-refractivity contribution >= 4 is 35.1 Å². The van der Waals surface area contributed by atoms with E-state index in [0.717, 1.165) is 68.9 Å². The molecular weight excluding hydrogens is 605 g/mol. The number of hydrogen-bond acceptors (Lipinski definition) is 11. The van der Waals surface area contributed by atoms with Crippen LogP contribution in [0.25, 0.3) is 11.3 Å². The van der Waals surface area contributed by atoms with E-state index in [2.05, 4.69) is 30.1 Å². The van der Waals surface area contributed by atoms with Crippen LogP contribution in [0.5, 0.6) is 11.6 Å². The van der Waals surface area contributed by atoms with Gasteiger partial charge in [-0.15, -0.1) is 0 Å². The fraction of sp³-hybridized carbons (Fsp3) is 0.400. The van der Waals surface area contributed by atoms with E-state index in [0.29, 0.717) is 46.4 Å². The quantitative estimate of drug-likeness (QED) is 0.178. The number of aliphatic carboxylic acids is 1. The van der Waals surface area contributed by atoms with Gasteiger partial charge in [-0.1, -0.05) is 23.2 Å². The van der Waals surface area contributed by atoms with Crippen LogP contribution < -0.4 is 26.6 Å². The Morgan fingerprint density at radius 3 is 2.30 bits per heavy atom. The summed E-state index contributed by atoms with van der Waals surface area (Å²) in [4.78, 5) is 31.7. The molecule has 12 nitrogen and oxygen atoms in total. The molecule has 1 aromatic carbocycles. The zero-order valence-corrected chi connectivity index (χ0v) is 25.8. The standard InChI is InChI=1S/C30H37Cl2N9O3/c31-23-12-22(13-24(32)14-23)27-9-21(18-39-3-1-20(2-4-39)11-29(42)43)10-28(37-27)44-26-16-35-30(36-17-26)41-7-5-40(6-8-41)19-25(15-33)38-34/h9-10,12-17,20,38H,1-8,11,18-19,33-34H2,(H,42,43)/b25-15-. The van der Waals surface area contributed by atoms with E-state index >= 15 is 0 Å². The lowest BCUT2D eigenvalue weighted by molar-refractivity contribution is -0.138. The van der Waals surface area contributed by atoms with Crippen molar-refractivity contribution in [2.24, 2.45) is 17.5 Å². The van der Waals surface area contributed by atoms with Crippen LogP contribution in [0.4, 0.5) is 5.95 Å². The number of pyridine rings is 1. The molecule has 0 saturated carbocycles. The van der Waals surface area contributed by atoms with Crippen molar-refractivity contribution in [1.29, 1.82) is 0 Å². The molecule has 0 spiro atoms. The van der Waals surface area contributed by atoms with Crippen LogP contribution >= 0.6 is 23.2 Å². The number of carboxylic acid groups (broad SMARTS) is 1. The smallest absolute Gasteiger partial charge is 0.303 e. The highest BCUT2D eigenvalue weighted by atomic mass is 35.5. The first-order chi connectivity index (χ1) is 21.3. The summed E-state index contributed by atoms with van der Waals surface area (Å²) in [5, 5.41) is 10.2. The molecule has 44 heavy (non-hydrogen) atoms. The number of hydrazine groups is 1. The molecular formula is C30H37Cl2N9O3. The molecule has 2 aliphatic heterocycles. The Kier molecular flexibility index (Phi) is 10.7. The van der Waals surface area contributed by atoms with E-state index in [1.807, 2.05) is 24.3 Å². The molecule has 0 amide bonds. The zero-order valence-electron chi connectivity index (χ0n) is 24.3. The third-order valence-corrected chi connectivity index (χ3v) is 8.31. The number of nitrogens with two attached hydrogens (primary N) is 2. The fourth-order valence-corrected chi connectivity index (χ4v) is 6.07. The molecule has 3 aromatic rings. The van der Waals surface area contributed by atoms with Crippen LogP contribution in [0.3, 0.4) is 0 Å². The van der Waals surface area contributed by atoms with Gasteiger partial charge in [-0.3, -0.25) is 20.4 Å². The van der Waals surface area contributed by atoms with Crippen molar-refractivity contribution in [1.82, 2.24) is 30.2 Å². The van der Waals surface area contributed by atoms with Gasteiger partial charge in [0.2, 0.25) is 11.8 Å². The number of nitrogens with one attached hydrogen (secondary N) is 1. The minimum absolute atomic E-state index is 0.214. The monoisotopic (exact) mass is 641 g/mol. The van der Waals surface area contributed by atoms with Gasteiger partial charge in [0.05, 0.1) is 23.8 Å². The number of benzene rings is 1. The third kappa shape index (κ3) is 8.70. The van der Waals surface area contributed by atoms with Gasteiger partial charge < -0.3 is 25.9 Å². The van der Waals surface area contributed by atoms with E-state index in [1.54, 1.807) is 18.5 Å². The number of hydrogen-bond donors (Lipinski definition) is 4. The lowest BCUT2D eigenvalue weighted by Gasteiger charge is -2.34. The molecule has 2 aromatic heterocycles. The molecule has 4 heterocycles. The van der Waals surface area contributed by atoms with Crippen LogP contribution in [-0.2, 0) is 11.3 Å². The SMILES string of the molecule is N/C=C(/CN1CCN(c2ncc(Oc3cc(CN4CCC(CC(=O)O)CC4)cc(-c4cc(Cl)cc(Cl)c4)n3)cn2)CC1)NN. The largest absolute Gasteiger partial charge is 0.481 e. The zero-order chi connectivity index (χ0) is 31.1. The minimum atomic E-state index is -0.737. The maximum atomic E-state index is 11.1. The highest BCUT2D eigenvalue weighted by molar-refractivity contribution is 6.35. The molecule has 234 valence electrons. The summed E-state index contributed by atoms with van der Waals surface area (Å²) in [6, 6.07) is 9.23. The average molecular weight is 643 g/mol. The molecule has 2 aliphatic rings. The van der Waals surface area contributed by atoms with Crippen molar-refractivity contribution in [3.63, 3.8) is 0 Å². The topological polar surface area (TPSA) is 159 Å². The van der Waals surface area contributed by atoms with Crippen LogP contribution in [-0.4, -0.2) is 81.6 Å². The summed E-state index contributed by atoms with van der Waals surface area (Å²) in [6.45, 7) is 6.17. The van der Waals surface area contributed by atoms with Crippen LogP contribution in [0, 0.1) is 5.92 Å². The van der Waals surface area contributed by atoms with Crippen LogP contribution in [0.2, 0.25) is 10.0 Å². The second-order valence-electron chi connectivity index (χ2n) is 11.1. The predicted octanol–water partition coefficient (Wildman–Crippen LogP) is 3.71. The van der Waals surface area contributed by atoms with Crippen molar-refractivity contribution in [2.75, 3.05) is 50.7 Å². The van der Waals surface area contributed by atoms with Gasteiger partial charge >= 0.3 is 5.97 Å². The molecule has 2 saturated heterocycles. The van der Waals surface area contributed by atoms with Gasteiger partial charge in [0.15, 0.2) is 5.75 Å². The average Bonchev–Trinajstić information content (AvgIpc) is 3.01. The molecule has 0 bridgehead atoms. The Morgan fingerprint density at radius 1 is 1.00 bits per heavy atom. The number of ether oxygens (including phenoxy) is 1. The summed E-state index contributed by atoms with van der Waals surface area (Å²) >= 11 is 12.6. The molecule has 0 unspecified atom stereocenters. The molecule has 0 aliphatic carbocycles. The second-order valence-corrected chi connectivity index (χ2v) is 12.0. The van der Waals surface area contributed by atoms with Crippen LogP contribution in [0.1, 0.15) is 24.8 Å². The fourth-order valence-electron chi connectivity index (χ4n) is 5.55. The van der Waals surface area contributed by atoms with Gasteiger partial charge in [-0.2, -0.15) is 0 Å². The molecule has 6 N–H and O–H groups in total. The van der Waals surface area contributed by atoms with Gasteiger partial charge in [0.25, 0.3) is 0 Å². The lowest BCUT2D eigenvalue weighted by Crippen LogP contribution is -2.48. The van der Waals surface area contributed by atoms with E-state index in [9.17, 15) is 4.79 Å². The number of piperazine rings is 1. The Morgan fingerprint density at radius 2 is 1.68 bits per heavy atom. The summed E-state index contributed by atoms with van der Waals surface area (Å²) < 4.78 is 6.17. The Balaban J connectivity index is 1.28. The Hall–Kier alpha value is -3.68. The number of likely N-dealkylation sites (tertiary alicyclic amines) is 1. The second kappa shape index (κ2) is 14.9. The maximum absolute atomic E-state index is 11.1. The number of carboxylic acids is 1. The minimum Gasteiger partial charge on any atom is -0.481 e. The first kappa shape index (κ1) is 31.7. The highest BCUT2D eigenvalue weighted by Gasteiger charge is 2.23. The van der Waals surface area contributed by atoms with Crippen molar-refractivity contribution in [3.8, 4) is 22.9 Å². The number of piperidine rings is 1. The number of halogens is 2. The van der Waals surface area contributed by atoms with E-state index in [-0.39, 0.29) is 12.3 Å². The van der Waals surface area contributed by atoms with Gasteiger partial charge in [0.1, 0.15) is 0 Å². The first-order valence-electron chi connectivity index (χ1n) is 14.5. The van der Waals surface area contributed by atoms with Crippen molar-refractivity contribution in [2.45, 2.75) is 25.8 Å². The maximum Gasteiger partial charge on any atom is 0.303 e. The first-order valence-corrected chi connectivity index (χ1v) is 15.3. The number of rotatable bonds is 11. The number of nitrogens with zero attached hydrogens (tertiary/aromatic N) is 6. The normalized spacial score (nSPS) is 17.1. The van der Waals surface area contributed by atoms with Crippen molar-refractivity contribution in [3.05, 3.63) is 70.2 Å². The van der Waals surface area contributed by atoms with Gasteiger partial charge in [-0.25, -0.2) is 15.0 Å². The molecule has 5 rings (SSSR count). The van der Waals surface area contributed by atoms with Gasteiger partial charge in [-0.05, 0) is 61.7 Å². The van der Waals surface area contributed by atoms with E-state index < -0.39 is 5.97 Å². The summed E-state index contributed by atoms with van der Waals surface area (Å²) in [7, 11) is 0. The summed E-state index contributed by atoms with van der Waals surface area (Å²) in [5.74, 6) is 6.48. The number of anilines is 1. The van der Waals surface area contributed by atoms with E-state index in [4.69, 9.17) is 49.6 Å². The lowest BCUT2D eigenvalue weighted by atomic mass is 9.93. The predicted molar refractivity (Wildman–Crippen MR) is 170 cm³/mol. The Labute approximate surface area is 266 Å². The highest BCUT2D eigenvalue weighted by Crippen LogP contribution is 2.31. The molecule has 0 radical (unpaired) electrons. The third-order valence-electron chi connectivity index (χ3n) is 7.87. The molecule has 14 heteroatoms. The van der Waals surface area contributed by atoms with Crippen molar-refractivity contribution < 1.29 is 14.6 Å². The van der Waals surface area contributed by atoms with Gasteiger partial charge in [0, 0.05) is 73.6 Å².